The number of para-hydroxylation sites is 1. The number of carbonyl (C=O) groups excluding carboxylic acids is 3. The number of nitrogens with zero attached hydrogens (tertiary/aromatic N) is 2. The van der Waals surface area contributed by atoms with Gasteiger partial charge in [0.1, 0.15) is 16.7 Å². The molecule has 2 N–H and O–H groups in total. The largest absolute Gasteiger partial charge is 0.339 e. The number of carbonyl (C=O) groups is 3. The number of nitrogens with one attached hydrogen (secondary N) is 2. The maximum atomic E-state index is 12.9. The van der Waals surface area contributed by atoms with Gasteiger partial charge < -0.3 is 15.4 Å². The number of rotatable bonds is 10. The summed E-state index contributed by atoms with van der Waals surface area (Å²) in [7, 11) is 0. The maximum Gasteiger partial charge on any atom is 0.263 e. The third-order valence-electron chi connectivity index (χ3n) is 4.66. The highest BCUT2D eigenvalue weighted by Gasteiger charge is 2.22. The molecular formula is C22H24N4O3S. The fourth-order valence-corrected chi connectivity index (χ4v) is 3.62. The minimum Gasteiger partial charge on any atom is -0.339 e. The molecule has 0 aliphatic rings. The van der Waals surface area contributed by atoms with Crippen LogP contribution < -0.4 is 10.6 Å². The molecule has 0 unspecified atom stereocenters. The number of Topliss-reactive ketones (excluding diaryl/α,β-unsaturated/α-hetero) is 1. The van der Waals surface area contributed by atoms with Gasteiger partial charge in [0.15, 0.2) is 0 Å². The summed E-state index contributed by atoms with van der Waals surface area (Å²) in [6, 6.07) is 8.81. The molecule has 0 fully saturated rings. The third-order valence-corrected chi connectivity index (χ3v) is 5.43. The average Bonchev–Trinajstić information content (AvgIpc) is 3.27. The van der Waals surface area contributed by atoms with Crippen molar-refractivity contribution in [2.75, 3.05) is 5.32 Å². The van der Waals surface area contributed by atoms with Crippen LogP contribution in [-0.4, -0.2) is 33.6 Å². The molecule has 1 aromatic carbocycles. The van der Waals surface area contributed by atoms with Gasteiger partial charge in [-0.3, -0.25) is 19.6 Å². The van der Waals surface area contributed by atoms with Crippen molar-refractivity contribution >= 4 is 45.5 Å². The first-order chi connectivity index (χ1) is 14.5. The highest BCUT2D eigenvalue weighted by Crippen LogP contribution is 2.17. The lowest BCUT2D eigenvalue weighted by molar-refractivity contribution is -0.118. The number of ketones is 1. The van der Waals surface area contributed by atoms with Crippen LogP contribution in [0.2, 0.25) is 0 Å². The topological polar surface area (TPSA) is 101 Å². The zero-order valence-corrected chi connectivity index (χ0v) is 17.6. The summed E-state index contributed by atoms with van der Waals surface area (Å²) in [4.78, 5) is 45.2. The molecule has 0 aliphatic heterocycles. The quantitative estimate of drug-likeness (QED) is 0.480. The van der Waals surface area contributed by atoms with Crippen molar-refractivity contribution in [2.24, 2.45) is 0 Å². The number of hydrogen-bond donors (Lipinski definition) is 2. The van der Waals surface area contributed by atoms with Gasteiger partial charge in [-0.15, -0.1) is 11.3 Å². The normalized spacial score (nSPS) is 11.8. The second-order valence-corrected chi connectivity index (χ2v) is 7.99. The number of aromatic nitrogens is 2. The number of amides is 2. The number of fused-ring (bicyclic) bond motifs is 1. The molecule has 156 valence electrons. The smallest absolute Gasteiger partial charge is 0.263 e. The fourth-order valence-electron chi connectivity index (χ4n) is 3.09. The molecule has 0 saturated carbocycles. The van der Waals surface area contributed by atoms with Crippen molar-refractivity contribution in [2.45, 2.75) is 45.1 Å². The van der Waals surface area contributed by atoms with Gasteiger partial charge in [-0.05, 0) is 31.9 Å². The fraction of sp³-hybridized carbons (Fsp3) is 0.318. The number of hydrogen-bond acceptors (Lipinski definition) is 6. The minimum absolute atomic E-state index is 0.159. The van der Waals surface area contributed by atoms with Gasteiger partial charge in [0.2, 0.25) is 5.91 Å². The molecule has 1 atom stereocenters. The van der Waals surface area contributed by atoms with Crippen LogP contribution in [0.5, 0.6) is 0 Å². The zero-order valence-electron chi connectivity index (χ0n) is 16.8. The van der Waals surface area contributed by atoms with E-state index in [-0.39, 0.29) is 17.6 Å². The monoisotopic (exact) mass is 424 g/mol. The number of thiazole rings is 1. The van der Waals surface area contributed by atoms with E-state index < -0.39 is 6.04 Å². The molecule has 30 heavy (non-hydrogen) atoms. The Morgan fingerprint density at radius 1 is 1.10 bits per heavy atom. The first kappa shape index (κ1) is 21.6. The number of pyridine rings is 1. The Labute approximate surface area is 178 Å². The lowest BCUT2D eigenvalue weighted by Gasteiger charge is -2.18. The third kappa shape index (κ3) is 6.18. The van der Waals surface area contributed by atoms with Crippen molar-refractivity contribution < 1.29 is 14.4 Å². The first-order valence-electron chi connectivity index (χ1n) is 9.87. The average molecular weight is 425 g/mol. The van der Waals surface area contributed by atoms with E-state index in [1.54, 1.807) is 18.6 Å². The van der Waals surface area contributed by atoms with Gasteiger partial charge in [-0.2, -0.15) is 0 Å². The van der Waals surface area contributed by atoms with Crippen molar-refractivity contribution in [1.82, 2.24) is 15.3 Å². The Morgan fingerprint density at radius 2 is 1.93 bits per heavy atom. The molecule has 8 heteroatoms. The number of unbranched alkanes of at least 4 members (excludes halogenated alkanes) is 2. The highest BCUT2D eigenvalue weighted by molar-refractivity contribution is 7.11. The van der Waals surface area contributed by atoms with E-state index >= 15 is 0 Å². The second kappa shape index (κ2) is 10.6. The summed E-state index contributed by atoms with van der Waals surface area (Å²) >= 11 is 1.22. The maximum absolute atomic E-state index is 12.9. The van der Waals surface area contributed by atoms with E-state index in [1.807, 2.05) is 30.3 Å². The summed E-state index contributed by atoms with van der Waals surface area (Å²) in [5.41, 5.74) is 3.00. The minimum atomic E-state index is -0.691. The molecule has 3 aromatic rings. The molecule has 0 aliphatic carbocycles. The van der Waals surface area contributed by atoms with E-state index in [0.717, 1.165) is 30.2 Å². The molecule has 0 radical (unpaired) electrons. The van der Waals surface area contributed by atoms with Gasteiger partial charge in [-0.25, -0.2) is 0 Å². The lowest BCUT2D eigenvalue weighted by atomic mass is 10.1. The number of benzene rings is 1. The van der Waals surface area contributed by atoms with Crippen molar-refractivity contribution in [1.29, 1.82) is 0 Å². The molecule has 0 spiro atoms. The van der Waals surface area contributed by atoms with E-state index in [2.05, 4.69) is 20.6 Å². The van der Waals surface area contributed by atoms with E-state index in [1.165, 1.54) is 17.5 Å². The van der Waals surface area contributed by atoms with E-state index in [0.29, 0.717) is 23.4 Å². The molecular weight excluding hydrogens is 400 g/mol. The van der Waals surface area contributed by atoms with Crippen LogP contribution in [-0.2, 0) is 9.59 Å². The van der Waals surface area contributed by atoms with Gasteiger partial charge in [0, 0.05) is 11.8 Å². The van der Waals surface area contributed by atoms with Crippen LogP contribution in [0.15, 0.2) is 48.2 Å². The molecule has 2 heterocycles. The van der Waals surface area contributed by atoms with Crippen LogP contribution in [0.1, 0.15) is 48.7 Å². The van der Waals surface area contributed by atoms with Gasteiger partial charge in [0.05, 0.1) is 29.1 Å². The van der Waals surface area contributed by atoms with E-state index in [4.69, 9.17) is 0 Å². The van der Waals surface area contributed by atoms with Crippen LogP contribution in [0.4, 0.5) is 5.69 Å². The van der Waals surface area contributed by atoms with Gasteiger partial charge in [-0.1, -0.05) is 31.0 Å². The van der Waals surface area contributed by atoms with Crippen LogP contribution >= 0.6 is 11.3 Å². The SMILES string of the molecule is CC(=O)CCCCC[C@@H](NC(=O)c1cncs1)C(=O)Nc1cnc2ccccc2c1. The van der Waals surface area contributed by atoms with Crippen molar-refractivity contribution in [3.8, 4) is 0 Å². The standard InChI is InChI=1S/C22H24N4O3S/c1-15(27)7-3-2-4-10-19(26-22(29)20-13-23-14-30-20)21(28)25-17-11-16-8-5-6-9-18(16)24-12-17/h5-6,8-9,11-14,19H,2-4,7,10H2,1H3,(H,25,28)(H,26,29)/t19-/m1/s1. The van der Waals surface area contributed by atoms with E-state index in [9.17, 15) is 14.4 Å². The Hall–Kier alpha value is -3.13. The van der Waals surface area contributed by atoms with Gasteiger partial charge in [0.25, 0.3) is 5.91 Å². The Kier molecular flexibility index (Phi) is 7.62. The van der Waals surface area contributed by atoms with Crippen LogP contribution in [0, 0.1) is 0 Å². The molecule has 3 rings (SSSR count). The first-order valence-corrected chi connectivity index (χ1v) is 10.8. The molecule has 2 aromatic heterocycles. The summed E-state index contributed by atoms with van der Waals surface area (Å²) in [5, 5.41) is 6.59. The molecule has 0 bridgehead atoms. The lowest BCUT2D eigenvalue weighted by Crippen LogP contribution is -2.43. The summed E-state index contributed by atoms with van der Waals surface area (Å²) < 4.78 is 0. The van der Waals surface area contributed by atoms with Crippen LogP contribution in [0.3, 0.4) is 0 Å². The highest BCUT2D eigenvalue weighted by atomic mass is 32.1. The summed E-state index contributed by atoms with van der Waals surface area (Å²) in [5.74, 6) is -0.457. The zero-order chi connectivity index (χ0) is 21.3. The van der Waals surface area contributed by atoms with Gasteiger partial charge >= 0.3 is 0 Å². The summed E-state index contributed by atoms with van der Waals surface area (Å²) in [6.45, 7) is 1.57. The summed E-state index contributed by atoms with van der Waals surface area (Å²) in [6.07, 6.45) is 6.43. The predicted molar refractivity (Wildman–Crippen MR) is 118 cm³/mol. The number of anilines is 1. The van der Waals surface area contributed by atoms with Crippen molar-refractivity contribution in [3.63, 3.8) is 0 Å². The van der Waals surface area contributed by atoms with Crippen molar-refractivity contribution in [3.05, 3.63) is 53.1 Å². The predicted octanol–water partition coefficient (Wildman–Crippen LogP) is 3.97. The Morgan fingerprint density at radius 3 is 2.70 bits per heavy atom. The second-order valence-electron chi connectivity index (χ2n) is 7.10. The van der Waals surface area contributed by atoms with Crippen LogP contribution in [0.25, 0.3) is 10.9 Å². The molecule has 7 nitrogen and oxygen atoms in total. The Balaban J connectivity index is 1.65. The Bertz CT molecular complexity index is 1020. The molecule has 0 saturated heterocycles. The molecule has 2 amide bonds.